The normalized spacial score (nSPS) is 10.3. The van der Waals surface area contributed by atoms with E-state index in [4.69, 9.17) is 9.84 Å². The topological polar surface area (TPSA) is 95.9 Å². The van der Waals surface area contributed by atoms with Crippen molar-refractivity contribution < 1.29 is 24.5 Å². The number of nitrogens with one attached hydrogen (secondary N) is 1. The lowest BCUT2D eigenvalue weighted by molar-refractivity contribution is -0.118. The van der Waals surface area contributed by atoms with Crippen LogP contribution < -0.4 is 10.1 Å². The molecular weight excluding hydrogens is 310 g/mol. The lowest BCUT2D eigenvalue weighted by Crippen LogP contribution is -2.21. The van der Waals surface area contributed by atoms with Gasteiger partial charge in [-0.05, 0) is 55.7 Å². The summed E-state index contributed by atoms with van der Waals surface area (Å²) in [6.45, 7) is 5.57. The van der Waals surface area contributed by atoms with E-state index in [0.29, 0.717) is 5.75 Å². The number of aryl methyl sites for hydroxylation is 3. The number of phenols is 1. The molecule has 0 bridgehead atoms. The average Bonchev–Trinajstić information content (AvgIpc) is 2.49. The first kappa shape index (κ1) is 17.3. The summed E-state index contributed by atoms with van der Waals surface area (Å²) in [6, 6.07) is 7.48. The van der Waals surface area contributed by atoms with Gasteiger partial charge in [0.05, 0.1) is 11.3 Å². The summed E-state index contributed by atoms with van der Waals surface area (Å²) in [7, 11) is 0. The standard InChI is InChI=1S/C18H19NO5/c1-10-6-12(3)16(7-11(10)2)24-9-17(21)19-15-8-13(20)4-5-14(15)18(22)23/h4-8,20H,9H2,1-3H3,(H,19,21)(H,22,23). The highest BCUT2D eigenvalue weighted by Gasteiger charge is 2.14. The maximum Gasteiger partial charge on any atom is 0.337 e. The van der Waals surface area contributed by atoms with Gasteiger partial charge in [-0.25, -0.2) is 4.79 Å². The van der Waals surface area contributed by atoms with Gasteiger partial charge in [-0.2, -0.15) is 0 Å². The number of aromatic hydroxyl groups is 1. The third kappa shape index (κ3) is 4.04. The third-order valence-corrected chi connectivity index (χ3v) is 3.66. The van der Waals surface area contributed by atoms with Crippen LogP contribution in [0.3, 0.4) is 0 Å². The molecule has 0 aliphatic heterocycles. The summed E-state index contributed by atoms with van der Waals surface area (Å²) in [4.78, 5) is 23.2. The van der Waals surface area contributed by atoms with E-state index in [1.807, 2.05) is 32.9 Å². The first-order chi connectivity index (χ1) is 11.3. The maximum absolute atomic E-state index is 12.0. The van der Waals surface area contributed by atoms with Gasteiger partial charge in [0, 0.05) is 6.07 Å². The number of carboxylic acids is 1. The van der Waals surface area contributed by atoms with E-state index in [-0.39, 0.29) is 23.6 Å². The number of hydrogen-bond donors (Lipinski definition) is 3. The fraction of sp³-hybridized carbons (Fsp3) is 0.222. The molecule has 2 aromatic carbocycles. The minimum Gasteiger partial charge on any atom is -0.508 e. The molecule has 0 aliphatic carbocycles. The van der Waals surface area contributed by atoms with Crippen LogP contribution in [0.1, 0.15) is 27.0 Å². The number of hydrogen-bond acceptors (Lipinski definition) is 4. The third-order valence-electron chi connectivity index (χ3n) is 3.66. The number of anilines is 1. The minimum absolute atomic E-state index is 0.0212. The second-order valence-corrected chi connectivity index (χ2v) is 5.57. The summed E-state index contributed by atoms with van der Waals surface area (Å²) in [5.41, 5.74) is 3.01. The Bertz CT molecular complexity index is 798. The number of amides is 1. The van der Waals surface area contributed by atoms with Gasteiger partial charge in [-0.3, -0.25) is 4.79 Å². The fourth-order valence-corrected chi connectivity index (χ4v) is 2.24. The number of ether oxygens (including phenoxy) is 1. The quantitative estimate of drug-likeness (QED) is 0.783. The van der Waals surface area contributed by atoms with E-state index in [1.54, 1.807) is 0 Å². The molecule has 0 saturated carbocycles. The molecule has 6 nitrogen and oxygen atoms in total. The second-order valence-electron chi connectivity index (χ2n) is 5.57. The van der Waals surface area contributed by atoms with Gasteiger partial charge in [0.1, 0.15) is 11.5 Å². The molecule has 0 aromatic heterocycles. The fourth-order valence-electron chi connectivity index (χ4n) is 2.24. The van der Waals surface area contributed by atoms with Crippen molar-refractivity contribution in [1.29, 1.82) is 0 Å². The Kier molecular flexibility index (Phi) is 5.08. The van der Waals surface area contributed by atoms with Crippen LogP contribution in [-0.4, -0.2) is 28.7 Å². The van der Waals surface area contributed by atoms with Gasteiger partial charge in [0.2, 0.25) is 0 Å². The monoisotopic (exact) mass is 329 g/mol. The van der Waals surface area contributed by atoms with Crippen molar-refractivity contribution in [2.24, 2.45) is 0 Å². The molecule has 0 heterocycles. The predicted molar refractivity (Wildman–Crippen MR) is 89.8 cm³/mol. The maximum atomic E-state index is 12.0. The Morgan fingerprint density at radius 3 is 2.38 bits per heavy atom. The van der Waals surface area contributed by atoms with E-state index in [9.17, 15) is 14.7 Å². The zero-order valence-electron chi connectivity index (χ0n) is 13.7. The largest absolute Gasteiger partial charge is 0.508 e. The van der Waals surface area contributed by atoms with E-state index in [2.05, 4.69) is 5.32 Å². The van der Waals surface area contributed by atoms with Gasteiger partial charge in [-0.1, -0.05) is 6.07 Å². The molecule has 1 amide bonds. The molecule has 6 heteroatoms. The number of carboxylic acid groups (broad SMARTS) is 1. The Balaban J connectivity index is 2.08. The van der Waals surface area contributed by atoms with Crippen molar-refractivity contribution >= 4 is 17.6 Å². The summed E-state index contributed by atoms with van der Waals surface area (Å²) >= 11 is 0. The summed E-state index contributed by atoms with van der Waals surface area (Å²) < 4.78 is 5.52. The SMILES string of the molecule is Cc1cc(C)c(OCC(=O)Nc2cc(O)ccc2C(=O)O)cc1C. The lowest BCUT2D eigenvalue weighted by Gasteiger charge is -2.13. The number of phenolic OH excluding ortho intramolecular Hbond substituents is 1. The molecule has 0 aliphatic rings. The van der Waals surface area contributed by atoms with Gasteiger partial charge < -0.3 is 20.3 Å². The van der Waals surface area contributed by atoms with Crippen LogP contribution in [0.4, 0.5) is 5.69 Å². The number of aromatic carboxylic acids is 1. The molecule has 0 unspecified atom stereocenters. The van der Waals surface area contributed by atoms with Crippen LogP contribution in [0.25, 0.3) is 0 Å². The smallest absolute Gasteiger partial charge is 0.337 e. The van der Waals surface area contributed by atoms with E-state index >= 15 is 0 Å². The molecular formula is C18H19NO5. The summed E-state index contributed by atoms with van der Waals surface area (Å²) in [5.74, 6) is -1.25. The first-order valence-electron chi connectivity index (χ1n) is 7.34. The zero-order chi connectivity index (χ0) is 17.9. The van der Waals surface area contributed by atoms with Gasteiger partial charge in [0.25, 0.3) is 5.91 Å². The van der Waals surface area contributed by atoms with Crippen molar-refractivity contribution in [2.45, 2.75) is 20.8 Å². The number of rotatable bonds is 5. The average molecular weight is 329 g/mol. The Labute approximate surface area is 139 Å². The molecule has 0 radical (unpaired) electrons. The Morgan fingerprint density at radius 1 is 1.04 bits per heavy atom. The highest BCUT2D eigenvalue weighted by molar-refractivity contribution is 6.01. The number of benzene rings is 2. The molecule has 2 aromatic rings. The van der Waals surface area contributed by atoms with Crippen LogP contribution in [0.5, 0.6) is 11.5 Å². The van der Waals surface area contributed by atoms with Gasteiger partial charge >= 0.3 is 5.97 Å². The highest BCUT2D eigenvalue weighted by atomic mass is 16.5. The zero-order valence-corrected chi connectivity index (χ0v) is 13.7. The van der Waals surface area contributed by atoms with E-state index in [1.165, 1.54) is 18.2 Å². The van der Waals surface area contributed by atoms with Crippen LogP contribution in [-0.2, 0) is 4.79 Å². The van der Waals surface area contributed by atoms with Crippen LogP contribution in [0.2, 0.25) is 0 Å². The van der Waals surface area contributed by atoms with Crippen molar-refractivity contribution in [2.75, 3.05) is 11.9 Å². The van der Waals surface area contributed by atoms with E-state index in [0.717, 1.165) is 16.7 Å². The van der Waals surface area contributed by atoms with Gasteiger partial charge in [0.15, 0.2) is 6.61 Å². The summed E-state index contributed by atoms with van der Waals surface area (Å²) in [5, 5.41) is 21.0. The molecule has 3 N–H and O–H groups in total. The molecule has 0 saturated heterocycles. The van der Waals surface area contributed by atoms with Crippen molar-refractivity contribution in [3.63, 3.8) is 0 Å². The molecule has 0 atom stereocenters. The number of carbonyl (C=O) groups is 2. The highest BCUT2D eigenvalue weighted by Crippen LogP contribution is 2.23. The van der Waals surface area contributed by atoms with Crippen molar-refractivity contribution in [3.8, 4) is 11.5 Å². The minimum atomic E-state index is -1.20. The molecule has 24 heavy (non-hydrogen) atoms. The first-order valence-corrected chi connectivity index (χ1v) is 7.34. The molecule has 0 fully saturated rings. The van der Waals surface area contributed by atoms with Crippen LogP contribution in [0, 0.1) is 20.8 Å². The van der Waals surface area contributed by atoms with Crippen molar-refractivity contribution in [1.82, 2.24) is 0 Å². The predicted octanol–water partition coefficient (Wildman–Crippen LogP) is 3.03. The summed E-state index contributed by atoms with van der Waals surface area (Å²) in [6.07, 6.45) is 0. The Hall–Kier alpha value is -3.02. The van der Waals surface area contributed by atoms with Gasteiger partial charge in [-0.15, -0.1) is 0 Å². The Morgan fingerprint density at radius 2 is 1.71 bits per heavy atom. The van der Waals surface area contributed by atoms with Crippen LogP contribution >= 0.6 is 0 Å². The number of carbonyl (C=O) groups excluding carboxylic acids is 1. The molecule has 126 valence electrons. The van der Waals surface area contributed by atoms with Crippen molar-refractivity contribution in [3.05, 3.63) is 52.6 Å². The molecule has 2 rings (SSSR count). The van der Waals surface area contributed by atoms with Crippen LogP contribution in [0.15, 0.2) is 30.3 Å². The molecule has 0 spiro atoms. The second kappa shape index (κ2) is 7.04. The lowest BCUT2D eigenvalue weighted by atomic mass is 10.1. The van der Waals surface area contributed by atoms with E-state index < -0.39 is 11.9 Å².